The fourth-order valence-electron chi connectivity index (χ4n) is 2.33. The second kappa shape index (κ2) is 6.28. The standard InChI is InChI=1S/C16H19BN5O/c1-11(2)14-7-15(22-16(20-14)13(17)9-19-22)18-8-12-5-4-6-21(10-12)23-3/h4-7,9-11,18H,8H2,1-3H3/q+1. The van der Waals surface area contributed by atoms with Gasteiger partial charge in [0.15, 0.2) is 0 Å². The maximum Gasteiger partial charge on any atom is 0.227 e. The monoisotopic (exact) mass is 308 g/mol. The van der Waals surface area contributed by atoms with Gasteiger partial charge < -0.3 is 5.32 Å². The van der Waals surface area contributed by atoms with Crippen LogP contribution >= 0.6 is 0 Å². The first-order chi connectivity index (χ1) is 11.1. The second-order valence-corrected chi connectivity index (χ2v) is 5.66. The molecule has 3 heterocycles. The molecule has 6 nitrogen and oxygen atoms in total. The van der Waals surface area contributed by atoms with Gasteiger partial charge in [-0.15, -0.1) is 0 Å². The summed E-state index contributed by atoms with van der Waals surface area (Å²) in [6, 6.07) is 5.98. The van der Waals surface area contributed by atoms with E-state index in [0.29, 0.717) is 23.6 Å². The summed E-state index contributed by atoms with van der Waals surface area (Å²) in [5.41, 5.74) is 3.32. The smallest absolute Gasteiger partial charge is 0.227 e. The van der Waals surface area contributed by atoms with Crippen molar-refractivity contribution >= 4 is 24.8 Å². The molecule has 0 spiro atoms. The molecular weight excluding hydrogens is 289 g/mol. The minimum Gasteiger partial charge on any atom is -0.366 e. The summed E-state index contributed by atoms with van der Waals surface area (Å²) in [7, 11) is 7.60. The van der Waals surface area contributed by atoms with E-state index >= 15 is 0 Å². The van der Waals surface area contributed by atoms with Gasteiger partial charge >= 0.3 is 0 Å². The number of anilines is 1. The average Bonchev–Trinajstić information content (AvgIpc) is 2.94. The lowest BCUT2D eigenvalue weighted by Crippen LogP contribution is -2.40. The third-order valence-electron chi connectivity index (χ3n) is 3.63. The summed E-state index contributed by atoms with van der Waals surface area (Å²) in [6.07, 6.45) is 5.39. The third kappa shape index (κ3) is 3.13. The fraction of sp³-hybridized carbons (Fsp3) is 0.312. The van der Waals surface area contributed by atoms with Crippen LogP contribution in [0.3, 0.4) is 0 Å². The number of pyridine rings is 1. The van der Waals surface area contributed by atoms with Crippen LogP contribution < -0.4 is 20.3 Å². The van der Waals surface area contributed by atoms with Gasteiger partial charge in [-0.25, -0.2) is 4.98 Å². The molecule has 3 rings (SSSR count). The number of nitrogens with one attached hydrogen (secondary N) is 1. The van der Waals surface area contributed by atoms with Crippen LogP contribution in [-0.4, -0.2) is 29.6 Å². The van der Waals surface area contributed by atoms with Gasteiger partial charge in [0.25, 0.3) is 0 Å². The molecule has 0 aromatic carbocycles. The van der Waals surface area contributed by atoms with Gasteiger partial charge in [0, 0.05) is 40.9 Å². The zero-order valence-corrected chi connectivity index (χ0v) is 13.5. The van der Waals surface area contributed by atoms with E-state index in [1.165, 1.54) is 0 Å². The third-order valence-corrected chi connectivity index (χ3v) is 3.63. The summed E-state index contributed by atoms with van der Waals surface area (Å²) in [5, 5.41) is 7.70. The van der Waals surface area contributed by atoms with Crippen LogP contribution in [0.2, 0.25) is 0 Å². The van der Waals surface area contributed by atoms with Crippen LogP contribution in [0.4, 0.5) is 5.82 Å². The molecule has 0 unspecified atom stereocenters. The van der Waals surface area contributed by atoms with Gasteiger partial charge in [-0.1, -0.05) is 13.8 Å². The summed E-state index contributed by atoms with van der Waals surface area (Å²) < 4.78 is 3.39. The first-order valence-electron chi connectivity index (χ1n) is 7.51. The van der Waals surface area contributed by atoms with E-state index < -0.39 is 0 Å². The Morgan fingerprint density at radius 1 is 1.43 bits per heavy atom. The molecule has 0 aliphatic rings. The highest BCUT2D eigenvalue weighted by Crippen LogP contribution is 2.18. The molecule has 23 heavy (non-hydrogen) atoms. The van der Waals surface area contributed by atoms with Crippen molar-refractivity contribution in [2.75, 3.05) is 12.4 Å². The molecule has 0 aliphatic carbocycles. The lowest BCUT2D eigenvalue weighted by molar-refractivity contribution is -0.885. The van der Waals surface area contributed by atoms with Crippen molar-refractivity contribution < 1.29 is 9.57 Å². The van der Waals surface area contributed by atoms with E-state index in [1.54, 1.807) is 22.6 Å². The molecule has 1 N–H and O–H groups in total. The van der Waals surface area contributed by atoms with Crippen molar-refractivity contribution in [1.29, 1.82) is 0 Å². The van der Waals surface area contributed by atoms with E-state index in [1.807, 2.05) is 30.6 Å². The van der Waals surface area contributed by atoms with E-state index in [-0.39, 0.29) is 0 Å². The van der Waals surface area contributed by atoms with Crippen LogP contribution in [-0.2, 0) is 6.54 Å². The second-order valence-electron chi connectivity index (χ2n) is 5.66. The molecule has 0 saturated heterocycles. The van der Waals surface area contributed by atoms with Gasteiger partial charge in [-0.2, -0.15) is 9.61 Å². The lowest BCUT2D eigenvalue weighted by atomic mass is 10.0. The largest absolute Gasteiger partial charge is 0.366 e. The van der Waals surface area contributed by atoms with Crippen LogP contribution in [0.5, 0.6) is 0 Å². The van der Waals surface area contributed by atoms with Crippen LogP contribution in [0.25, 0.3) is 5.65 Å². The number of hydrogen-bond donors (Lipinski definition) is 1. The van der Waals surface area contributed by atoms with Crippen molar-refractivity contribution in [3.05, 3.63) is 48.0 Å². The van der Waals surface area contributed by atoms with Crippen molar-refractivity contribution in [2.45, 2.75) is 26.3 Å². The highest BCUT2D eigenvalue weighted by molar-refractivity contribution is 6.36. The van der Waals surface area contributed by atoms with Crippen molar-refractivity contribution in [2.24, 2.45) is 0 Å². The first kappa shape index (κ1) is 15.3. The maximum absolute atomic E-state index is 5.97. The molecule has 0 aliphatic heterocycles. The van der Waals surface area contributed by atoms with Gasteiger partial charge in [-0.05, 0) is 17.4 Å². The SMILES string of the molecule is [B]c1cnn2c(NCc3ccc[n+](OC)c3)cc(C(C)C)nc12. The normalized spacial score (nSPS) is 11.1. The summed E-state index contributed by atoms with van der Waals surface area (Å²) in [5.74, 6) is 1.17. The van der Waals surface area contributed by atoms with Crippen molar-refractivity contribution in [3.63, 3.8) is 0 Å². The molecule has 3 aromatic heterocycles. The Hall–Kier alpha value is -2.57. The summed E-state index contributed by atoms with van der Waals surface area (Å²) >= 11 is 0. The number of nitrogens with zero attached hydrogens (tertiary/aromatic N) is 4. The van der Waals surface area contributed by atoms with Crippen LogP contribution in [0.15, 0.2) is 36.8 Å². The molecule has 0 fully saturated rings. The Morgan fingerprint density at radius 3 is 3.00 bits per heavy atom. The van der Waals surface area contributed by atoms with Crippen LogP contribution in [0.1, 0.15) is 31.0 Å². The zero-order valence-electron chi connectivity index (χ0n) is 13.5. The van der Waals surface area contributed by atoms with Gasteiger partial charge in [0.05, 0.1) is 0 Å². The van der Waals surface area contributed by atoms with E-state index in [2.05, 4.69) is 29.2 Å². The molecule has 7 heteroatoms. The van der Waals surface area contributed by atoms with E-state index in [0.717, 1.165) is 17.1 Å². The highest BCUT2D eigenvalue weighted by atomic mass is 16.6. The molecule has 0 atom stereocenters. The molecule has 3 aromatic rings. The van der Waals surface area contributed by atoms with Crippen molar-refractivity contribution in [1.82, 2.24) is 14.6 Å². The number of hydrogen-bond acceptors (Lipinski definition) is 4. The Morgan fingerprint density at radius 2 is 2.26 bits per heavy atom. The fourth-order valence-corrected chi connectivity index (χ4v) is 2.33. The Bertz CT molecular complexity index is 830. The van der Waals surface area contributed by atoms with Gasteiger partial charge in [-0.3, -0.25) is 4.84 Å². The quantitative estimate of drug-likeness (QED) is 0.554. The first-order valence-corrected chi connectivity index (χ1v) is 7.51. The minimum absolute atomic E-state index is 0.308. The Balaban J connectivity index is 1.92. The molecule has 116 valence electrons. The number of rotatable bonds is 5. The topological polar surface area (TPSA) is 55.3 Å². The molecule has 2 radical (unpaired) electrons. The number of fused-ring (bicyclic) bond motifs is 1. The van der Waals surface area contributed by atoms with Gasteiger partial charge in [0.2, 0.25) is 12.4 Å². The predicted molar refractivity (Wildman–Crippen MR) is 88.9 cm³/mol. The molecular formula is C16H19BN5O+. The average molecular weight is 308 g/mol. The predicted octanol–water partition coefficient (Wildman–Crippen LogP) is 0.604. The van der Waals surface area contributed by atoms with E-state index in [4.69, 9.17) is 12.7 Å². The molecule has 0 saturated carbocycles. The molecule has 0 amide bonds. The van der Waals surface area contributed by atoms with Crippen LogP contribution in [0, 0.1) is 0 Å². The van der Waals surface area contributed by atoms with Gasteiger partial charge in [0.1, 0.15) is 26.4 Å². The Labute approximate surface area is 136 Å². The summed E-state index contributed by atoms with van der Waals surface area (Å²) in [6.45, 7) is 4.85. The summed E-state index contributed by atoms with van der Waals surface area (Å²) in [4.78, 5) is 9.76. The van der Waals surface area contributed by atoms with E-state index in [9.17, 15) is 0 Å². The lowest BCUT2D eigenvalue weighted by Gasteiger charge is -2.12. The van der Waals surface area contributed by atoms with Crippen molar-refractivity contribution in [3.8, 4) is 0 Å². The molecule has 0 bridgehead atoms. The highest BCUT2D eigenvalue weighted by Gasteiger charge is 2.11. The maximum atomic E-state index is 5.97. The zero-order chi connectivity index (χ0) is 16.4. The minimum atomic E-state index is 0.308. The number of aromatic nitrogens is 4. The Kier molecular flexibility index (Phi) is 4.19.